The monoisotopic (exact) mass is 236 g/mol. The molecule has 0 saturated heterocycles. The maximum Gasteiger partial charge on any atom is 0.0241 e. The number of nitrogens with one attached hydrogen (secondary N) is 1. The van der Waals surface area contributed by atoms with E-state index in [1.165, 1.54) is 51.4 Å². The van der Waals surface area contributed by atoms with Crippen molar-refractivity contribution in [1.82, 2.24) is 5.43 Å². The van der Waals surface area contributed by atoms with Crippen LogP contribution in [0.4, 0.5) is 0 Å². The number of rotatable bonds is 8. The molecule has 0 aromatic rings. The van der Waals surface area contributed by atoms with Crippen LogP contribution in [0.2, 0.25) is 0 Å². The minimum absolute atomic E-state index is 0.578. The van der Waals surface area contributed by atoms with Crippen LogP contribution in [-0.4, -0.2) is 6.04 Å². The normalized spacial score (nSPS) is 32.9. The van der Waals surface area contributed by atoms with Gasteiger partial charge in [-0.25, -0.2) is 0 Å². The second kappa shape index (κ2) is 6.55. The fourth-order valence-corrected chi connectivity index (χ4v) is 4.04. The lowest BCUT2D eigenvalue weighted by Crippen LogP contribution is -2.42. The fraction of sp³-hybridized carbons (Fsp3) is 0.867. The minimum atomic E-state index is 0.578. The molecule has 0 aromatic heterocycles. The summed E-state index contributed by atoms with van der Waals surface area (Å²) in [5, 5.41) is 0. The Labute approximate surface area is 106 Å². The molecule has 0 heterocycles. The second-order valence-corrected chi connectivity index (χ2v) is 6.04. The topological polar surface area (TPSA) is 38.0 Å². The fourth-order valence-electron chi connectivity index (χ4n) is 4.04. The van der Waals surface area contributed by atoms with Gasteiger partial charge in [0.1, 0.15) is 0 Å². The smallest absolute Gasteiger partial charge is 0.0241 e. The van der Waals surface area contributed by atoms with Gasteiger partial charge in [0.2, 0.25) is 0 Å². The summed E-state index contributed by atoms with van der Waals surface area (Å²) in [7, 11) is 0. The van der Waals surface area contributed by atoms with E-state index in [4.69, 9.17) is 5.84 Å². The average Bonchev–Trinajstić information content (AvgIpc) is 2.96. The third kappa shape index (κ3) is 3.32. The highest BCUT2D eigenvalue weighted by Crippen LogP contribution is 2.50. The van der Waals surface area contributed by atoms with Crippen molar-refractivity contribution in [3.63, 3.8) is 0 Å². The van der Waals surface area contributed by atoms with Crippen molar-refractivity contribution >= 4 is 0 Å². The van der Waals surface area contributed by atoms with Crippen molar-refractivity contribution in [3.05, 3.63) is 12.7 Å². The number of unbranched alkanes of at least 4 members (excludes halogenated alkanes) is 3. The van der Waals surface area contributed by atoms with Crippen LogP contribution in [0.5, 0.6) is 0 Å². The number of fused-ring (bicyclic) bond motifs is 2. The molecule has 2 bridgehead atoms. The summed E-state index contributed by atoms with van der Waals surface area (Å²) < 4.78 is 0. The van der Waals surface area contributed by atoms with E-state index in [0.29, 0.717) is 6.04 Å². The Morgan fingerprint density at radius 1 is 1.24 bits per heavy atom. The summed E-state index contributed by atoms with van der Waals surface area (Å²) in [5.41, 5.74) is 3.10. The molecule has 4 atom stereocenters. The van der Waals surface area contributed by atoms with Gasteiger partial charge in [0.25, 0.3) is 0 Å². The first kappa shape index (κ1) is 13.1. The summed E-state index contributed by atoms with van der Waals surface area (Å²) in [6.07, 6.45) is 14.2. The zero-order valence-electron chi connectivity index (χ0n) is 11.0. The highest BCUT2D eigenvalue weighted by atomic mass is 15.2. The van der Waals surface area contributed by atoms with Gasteiger partial charge in [-0.3, -0.25) is 11.3 Å². The molecule has 0 aromatic carbocycles. The van der Waals surface area contributed by atoms with Crippen LogP contribution in [0.3, 0.4) is 0 Å². The zero-order valence-corrected chi connectivity index (χ0v) is 11.0. The Morgan fingerprint density at radius 3 is 2.71 bits per heavy atom. The van der Waals surface area contributed by atoms with Gasteiger partial charge in [-0.1, -0.05) is 25.3 Å². The molecule has 0 radical (unpaired) electrons. The molecule has 0 spiro atoms. The van der Waals surface area contributed by atoms with Gasteiger partial charge in [0.15, 0.2) is 0 Å². The molecule has 17 heavy (non-hydrogen) atoms. The SMILES string of the molecule is C=CCCCCCC(NN)C1CC2CCC1C2. The van der Waals surface area contributed by atoms with Crippen LogP contribution < -0.4 is 11.3 Å². The van der Waals surface area contributed by atoms with Crippen molar-refractivity contribution in [2.45, 2.75) is 63.8 Å². The van der Waals surface area contributed by atoms with Gasteiger partial charge in [-0.15, -0.1) is 6.58 Å². The van der Waals surface area contributed by atoms with E-state index in [9.17, 15) is 0 Å². The van der Waals surface area contributed by atoms with Gasteiger partial charge in [-0.2, -0.15) is 0 Å². The maximum atomic E-state index is 5.76. The Morgan fingerprint density at radius 2 is 2.12 bits per heavy atom. The number of allylic oxidation sites excluding steroid dienone is 1. The molecule has 98 valence electrons. The first-order valence-corrected chi connectivity index (χ1v) is 7.42. The summed E-state index contributed by atoms with van der Waals surface area (Å²) >= 11 is 0. The van der Waals surface area contributed by atoms with E-state index >= 15 is 0 Å². The van der Waals surface area contributed by atoms with Gasteiger partial charge < -0.3 is 0 Å². The molecular weight excluding hydrogens is 208 g/mol. The van der Waals surface area contributed by atoms with Crippen molar-refractivity contribution < 1.29 is 0 Å². The van der Waals surface area contributed by atoms with Crippen LogP contribution >= 0.6 is 0 Å². The lowest BCUT2D eigenvalue weighted by Gasteiger charge is -2.30. The summed E-state index contributed by atoms with van der Waals surface area (Å²) in [6.45, 7) is 3.77. The minimum Gasteiger partial charge on any atom is -0.271 e. The van der Waals surface area contributed by atoms with Crippen LogP contribution in [0.1, 0.15) is 57.8 Å². The summed E-state index contributed by atoms with van der Waals surface area (Å²) in [4.78, 5) is 0. The molecular formula is C15H28N2. The van der Waals surface area contributed by atoms with E-state index in [1.807, 2.05) is 6.08 Å². The molecule has 2 saturated carbocycles. The molecule has 2 fully saturated rings. The summed E-state index contributed by atoms with van der Waals surface area (Å²) in [6, 6.07) is 0.578. The Kier molecular flexibility index (Phi) is 5.05. The van der Waals surface area contributed by atoms with Crippen LogP contribution in [0, 0.1) is 17.8 Å². The Balaban J connectivity index is 1.68. The molecule has 2 nitrogen and oxygen atoms in total. The highest BCUT2D eigenvalue weighted by molar-refractivity contribution is 4.94. The molecule has 2 heteroatoms. The zero-order chi connectivity index (χ0) is 12.1. The molecule has 0 aliphatic heterocycles. The van der Waals surface area contributed by atoms with Gasteiger partial charge in [0, 0.05) is 6.04 Å². The lowest BCUT2D eigenvalue weighted by atomic mass is 9.81. The standard InChI is InChI=1S/C15H28N2/c1-2-3-4-5-6-7-15(17-16)14-11-12-8-9-13(14)10-12/h2,12-15,17H,1,3-11,16H2. The van der Waals surface area contributed by atoms with Crippen LogP contribution in [0.25, 0.3) is 0 Å². The Hall–Kier alpha value is -0.340. The van der Waals surface area contributed by atoms with E-state index < -0.39 is 0 Å². The van der Waals surface area contributed by atoms with Gasteiger partial charge in [0.05, 0.1) is 0 Å². The lowest BCUT2D eigenvalue weighted by molar-refractivity contribution is 0.236. The van der Waals surface area contributed by atoms with E-state index in [-0.39, 0.29) is 0 Å². The van der Waals surface area contributed by atoms with E-state index in [0.717, 1.165) is 24.2 Å². The van der Waals surface area contributed by atoms with Crippen LogP contribution in [0.15, 0.2) is 12.7 Å². The second-order valence-electron chi connectivity index (χ2n) is 6.04. The quantitative estimate of drug-likeness (QED) is 0.293. The predicted octanol–water partition coefficient (Wildman–Crippen LogP) is 3.39. The largest absolute Gasteiger partial charge is 0.271 e. The molecule has 4 unspecified atom stereocenters. The number of hydrogen-bond acceptors (Lipinski definition) is 2. The van der Waals surface area contributed by atoms with Crippen molar-refractivity contribution in [1.29, 1.82) is 0 Å². The predicted molar refractivity (Wildman–Crippen MR) is 73.3 cm³/mol. The number of hydrazine groups is 1. The molecule has 0 amide bonds. The first-order valence-electron chi connectivity index (χ1n) is 7.42. The first-order chi connectivity index (χ1) is 8.35. The van der Waals surface area contributed by atoms with E-state index in [1.54, 1.807) is 0 Å². The number of hydrogen-bond donors (Lipinski definition) is 2. The molecule has 2 rings (SSSR count). The summed E-state index contributed by atoms with van der Waals surface area (Å²) in [5.74, 6) is 8.64. The molecule has 3 N–H and O–H groups in total. The van der Waals surface area contributed by atoms with Crippen molar-refractivity contribution in [3.8, 4) is 0 Å². The van der Waals surface area contributed by atoms with Gasteiger partial charge in [-0.05, 0) is 56.3 Å². The maximum absolute atomic E-state index is 5.76. The van der Waals surface area contributed by atoms with Crippen molar-refractivity contribution in [2.24, 2.45) is 23.6 Å². The highest BCUT2D eigenvalue weighted by Gasteiger charge is 2.42. The van der Waals surface area contributed by atoms with Crippen molar-refractivity contribution in [2.75, 3.05) is 0 Å². The Bertz CT molecular complexity index is 239. The van der Waals surface area contributed by atoms with E-state index in [2.05, 4.69) is 12.0 Å². The molecule has 2 aliphatic rings. The van der Waals surface area contributed by atoms with Crippen LogP contribution in [-0.2, 0) is 0 Å². The van der Waals surface area contributed by atoms with Gasteiger partial charge >= 0.3 is 0 Å². The molecule has 2 aliphatic carbocycles. The number of nitrogens with two attached hydrogens (primary N) is 1. The third-order valence-corrected chi connectivity index (χ3v) is 4.95. The average molecular weight is 236 g/mol. The third-order valence-electron chi connectivity index (χ3n) is 4.95.